The van der Waals surface area contributed by atoms with Gasteiger partial charge in [-0.05, 0) is 50.3 Å². The van der Waals surface area contributed by atoms with Gasteiger partial charge in [-0.3, -0.25) is 0 Å². The molecule has 0 radical (unpaired) electrons. The first-order valence-electron chi connectivity index (χ1n) is 9.50. The van der Waals surface area contributed by atoms with E-state index in [-0.39, 0.29) is 13.2 Å². The summed E-state index contributed by atoms with van der Waals surface area (Å²) in [5, 5.41) is 0. The number of esters is 1. The Bertz CT molecular complexity index is 760. The fourth-order valence-corrected chi connectivity index (χ4v) is 4.43. The number of rotatable bonds is 9. The van der Waals surface area contributed by atoms with Gasteiger partial charge < -0.3 is 14.2 Å². The van der Waals surface area contributed by atoms with Crippen molar-refractivity contribution in [3.05, 3.63) is 23.8 Å². The molecule has 0 saturated carbocycles. The number of hydrogen-bond donors (Lipinski definition) is 1. The number of hydrogen-bond acceptors (Lipinski definition) is 6. The largest absolute Gasteiger partial charge is 0.493 e. The number of benzene rings is 1. The van der Waals surface area contributed by atoms with Gasteiger partial charge in [0.2, 0.25) is 0 Å². The fourth-order valence-electron chi connectivity index (χ4n) is 3.00. The van der Waals surface area contributed by atoms with Gasteiger partial charge >= 0.3 is 5.97 Å². The quantitative estimate of drug-likeness (QED) is 0.623. The van der Waals surface area contributed by atoms with E-state index in [4.69, 9.17) is 14.2 Å². The van der Waals surface area contributed by atoms with E-state index >= 15 is 0 Å². The first kappa shape index (κ1) is 22.4. The molecule has 158 valence electrons. The predicted octanol–water partition coefficient (Wildman–Crippen LogP) is 2.26. The van der Waals surface area contributed by atoms with Gasteiger partial charge in [-0.25, -0.2) is 4.79 Å². The molecule has 0 spiro atoms. The zero-order valence-corrected chi connectivity index (χ0v) is 17.8. The highest BCUT2D eigenvalue weighted by molar-refractivity contribution is 7.87. The van der Waals surface area contributed by atoms with Crippen LogP contribution in [0.5, 0.6) is 11.5 Å². The third-order valence-corrected chi connectivity index (χ3v) is 6.44. The van der Waals surface area contributed by atoms with Gasteiger partial charge in [0.1, 0.15) is 0 Å². The van der Waals surface area contributed by atoms with E-state index in [2.05, 4.69) is 11.6 Å². The average molecular weight is 415 g/mol. The molecule has 1 aliphatic rings. The highest BCUT2D eigenvalue weighted by atomic mass is 32.2. The number of carbonyl (C=O) groups is 1. The first-order chi connectivity index (χ1) is 13.3. The molecular weight excluding hydrogens is 384 g/mol. The van der Waals surface area contributed by atoms with E-state index in [0.29, 0.717) is 30.5 Å². The monoisotopic (exact) mass is 414 g/mol. The summed E-state index contributed by atoms with van der Waals surface area (Å²) < 4.78 is 45.1. The molecule has 0 aliphatic carbocycles. The Hall–Kier alpha value is -1.84. The molecule has 1 aromatic rings. The van der Waals surface area contributed by atoms with E-state index in [9.17, 15) is 13.2 Å². The SMILES string of the molecule is CCOC(=O)COc1ccc([C@@H](C)NS(=O)(=O)N2CCC(C)CC2)cc1OC. The van der Waals surface area contributed by atoms with Crippen molar-refractivity contribution < 1.29 is 27.4 Å². The van der Waals surface area contributed by atoms with E-state index in [1.165, 1.54) is 11.4 Å². The van der Waals surface area contributed by atoms with Crippen LogP contribution in [0.1, 0.15) is 45.2 Å². The third-order valence-electron chi connectivity index (χ3n) is 4.75. The van der Waals surface area contributed by atoms with Crippen molar-refractivity contribution in [2.45, 2.75) is 39.7 Å². The van der Waals surface area contributed by atoms with Crippen LogP contribution in [0.4, 0.5) is 0 Å². The number of ether oxygens (including phenoxy) is 3. The molecule has 1 saturated heterocycles. The van der Waals surface area contributed by atoms with Crippen LogP contribution in [-0.4, -0.2) is 52.1 Å². The minimum absolute atomic E-state index is 0.223. The molecule has 1 N–H and O–H groups in total. The normalized spacial score (nSPS) is 17.1. The van der Waals surface area contributed by atoms with Gasteiger partial charge in [0, 0.05) is 19.1 Å². The fraction of sp³-hybridized carbons (Fsp3) is 0.632. The smallest absolute Gasteiger partial charge is 0.344 e. The lowest BCUT2D eigenvalue weighted by Crippen LogP contribution is -2.45. The molecule has 0 aromatic heterocycles. The summed E-state index contributed by atoms with van der Waals surface area (Å²) in [7, 11) is -2.08. The maximum absolute atomic E-state index is 12.6. The van der Waals surface area contributed by atoms with Gasteiger partial charge in [-0.15, -0.1) is 0 Å². The molecule has 1 aromatic carbocycles. The standard InChI is InChI=1S/C19H30N2O6S/c1-5-26-19(22)13-27-17-7-6-16(12-18(17)25-4)15(3)20-28(23,24)21-10-8-14(2)9-11-21/h6-7,12,14-15,20H,5,8-11,13H2,1-4H3/t15-/m1/s1. The molecule has 0 amide bonds. The average Bonchev–Trinajstić information content (AvgIpc) is 2.66. The van der Waals surface area contributed by atoms with Gasteiger partial charge in [0.05, 0.1) is 13.7 Å². The van der Waals surface area contributed by atoms with E-state index in [1.807, 2.05) is 0 Å². The van der Waals surface area contributed by atoms with Crippen molar-refractivity contribution in [1.29, 1.82) is 0 Å². The summed E-state index contributed by atoms with van der Waals surface area (Å²) in [6.07, 6.45) is 1.74. The number of carbonyl (C=O) groups excluding carboxylic acids is 1. The van der Waals surface area contributed by atoms with Crippen LogP contribution >= 0.6 is 0 Å². The summed E-state index contributed by atoms with van der Waals surface area (Å²) in [4.78, 5) is 11.4. The molecule has 9 heteroatoms. The number of nitrogens with zero attached hydrogens (tertiary/aromatic N) is 1. The predicted molar refractivity (Wildman–Crippen MR) is 106 cm³/mol. The molecule has 0 unspecified atom stereocenters. The molecule has 28 heavy (non-hydrogen) atoms. The minimum atomic E-state index is -3.56. The van der Waals surface area contributed by atoms with Crippen LogP contribution in [-0.2, 0) is 19.7 Å². The van der Waals surface area contributed by atoms with Gasteiger partial charge in [-0.2, -0.15) is 17.4 Å². The van der Waals surface area contributed by atoms with E-state index in [1.54, 1.807) is 32.0 Å². The third kappa shape index (κ3) is 6.08. The summed E-state index contributed by atoms with van der Waals surface area (Å²) in [6, 6.07) is 4.65. The van der Waals surface area contributed by atoms with Crippen LogP contribution in [0.15, 0.2) is 18.2 Å². The topological polar surface area (TPSA) is 94.2 Å². The number of methoxy groups -OCH3 is 1. The van der Waals surface area contributed by atoms with Gasteiger partial charge in [0.25, 0.3) is 10.2 Å². The van der Waals surface area contributed by atoms with Crippen molar-refractivity contribution >= 4 is 16.2 Å². The van der Waals surface area contributed by atoms with Crippen molar-refractivity contribution in [2.24, 2.45) is 5.92 Å². The molecule has 1 aliphatic heterocycles. The van der Waals surface area contributed by atoms with Crippen LogP contribution in [0.2, 0.25) is 0 Å². The summed E-state index contributed by atoms with van der Waals surface area (Å²) >= 11 is 0. The molecule has 1 heterocycles. The second-order valence-electron chi connectivity index (χ2n) is 6.93. The molecule has 1 atom stereocenters. The lowest BCUT2D eigenvalue weighted by molar-refractivity contribution is -0.145. The lowest BCUT2D eigenvalue weighted by atomic mass is 10.0. The van der Waals surface area contributed by atoms with Crippen molar-refractivity contribution in [1.82, 2.24) is 9.03 Å². The number of nitrogens with one attached hydrogen (secondary N) is 1. The summed E-state index contributed by atoms with van der Waals surface area (Å²) in [5.41, 5.74) is 0.731. The molecule has 2 rings (SSSR count). The molecule has 0 bridgehead atoms. The Morgan fingerprint density at radius 1 is 1.29 bits per heavy atom. The van der Waals surface area contributed by atoms with Crippen LogP contribution in [0.25, 0.3) is 0 Å². The van der Waals surface area contributed by atoms with Crippen LogP contribution < -0.4 is 14.2 Å². The zero-order valence-electron chi connectivity index (χ0n) is 16.9. The summed E-state index contributed by atoms with van der Waals surface area (Å²) in [6.45, 7) is 6.77. The molecule has 1 fully saturated rings. The zero-order chi connectivity index (χ0) is 20.7. The second kappa shape index (κ2) is 10.1. The Kier molecular flexibility index (Phi) is 8.09. The first-order valence-corrected chi connectivity index (χ1v) is 10.9. The molecular formula is C19H30N2O6S. The van der Waals surface area contributed by atoms with Crippen LogP contribution in [0, 0.1) is 5.92 Å². The maximum Gasteiger partial charge on any atom is 0.344 e. The van der Waals surface area contributed by atoms with Crippen LogP contribution in [0.3, 0.4) is 0 Å². The van der Waals surface area contributed by atoms with Crippen molar-refractivity contribution in [2.75, 3.05) is 33.4 Å². The number of piperidine rings is 1. The second-order valence-corrected chi connectivity index (χ2v) is 8.63. The van der Waals surface area contributed by atoms with E-state index < -0.39 is 22.2 Å². The molecule has 8 nitrogen and oxygen atoms in total. The summed E-state index contributed by atoms with van der Waals surface area (Å²) in [5.74, 6) is 0.889. The van der Waals surface area contributed by atoms with Crippen molar-refractivity contribution in [3.63, 3.8) is 0 Å². The Labute approximate surface area is 167 Å². The lowest BCUT2D eigenvalue weighted by Gasteiger charge is -2.30. The van der Waals surface area contributed by atoms with Gasteiger partial charge in [-0.1, -0.05) is 13.0 Å². The van der Waals surface area contributed by atoms with Crippen molar-refractivity contribution in [3.8, 4) is 11.5 Å². The highest BCUT2D eigenvalue weighted by Crippen LogP contribution is 2.31. The van der Waals surface area contributed by atoms with E-state index in [0.717, 1.165) is 18.4 Å². The Balaban J connectivity index is 2.04. The Morgan fingerprint density at radius 2 is 1.96 bits per heavy atom. The highest BCUT2D eigenvalue weighted by Gasteiger charge is 2.28. The van der Waals surface area contributed by atoms with Gasteiger partial charge in [0.15, 0.2) is 18.1 Å². The Morgan fingerprint density at radius 3 is 2.57 bits per heavy atom. The maximum atomic E-state index is 12.6. The minimum Gasteiger partial charge on any atom is -0.493 e.